The van der Waals surface area contributed by atoms with Gasteiger partial charge in [0.2, 0.25) is 17.7 Å². The molecule has 0 aliphatic carbocycles. The van der Waals surface area contributed by atoms with Gasteiger partial charge in [-0.05, 0) is 43.9 Å². The number of benzene rings is 1. The molecule has 1 saturated heterocycles. The fraction of sp³-hybridized carbons (Fsp3) is 0.478. The van der Waals surface area contributed by atoms with E-state index >= 15 is 0 Å². The van der Waals surface area contributed by atoms with Gasteiger partial charge in [-0.1, -0.05) is 18.2 Å². The number of carbonyl (C=O) groups is 4. The van der Waals surface area contributed by atoms with E-state index in [1.54, 1.807) is 6.20 Å². The Morgan fingerprint density at radius 1 is 1.09 bits per heavy atom. The first-order valence-electron chi connectivity index (χ1n) is 11.2. The van der Waals surface area contributed by atoms with E-state index in [4.69, 9.17) is 10.5 Å². The van der Waals surface area contributed by atoms with Crippen LogP contribution >= 0.6 is 0 Å². The molecule has 0 saturated carbocycles. The number of carbonyl (C=O) groups excluding carboxylic acids is 4. The normalized spacial score (nSPS) is 19.0. The summed E-state index contributed by atoms with van der Waals surface area (Å²) in [5.74, 6) is -1.54. The molecule has 33 heavy (non-hydrogen) atoms. The van der Waals surface area contributed by atoms with Crippen LogP contribution in [0.25, 0.3) is 10.9 Å². The average Bonchev–Trinajstić information content (AvgIpc) is 3.22. The van der Waals surface area contributed by atoms with Crippen LogP contribution in [0.4, 0.5) is 0 Å². The van der Waals surface area contributed by atoms with Gasteiger partial charge in [-0.3, -0.25) is 14.4 Å². The maximum Gasteiger partial charge on any atom is 0.328 e. The van der Waals surface area contributed by atoms with Gasteiger partial charge in [-0.25, -0.2) is 4.79 Å². The zero-order valence-electron chi connectivity index (χ0n) is 18.7. The maximum absolute atomic E-state index is 12.6. The van der Waals surface area contributed by atoms with Gasteiger partial charge < -0.3 is 31.4 Å². The number of fused-ring (bicyclic) bond motifs is 1. The van der Waals surface area contributed by atoms with Crippen LogP contribution in [0.2, 0.25) is 0 Å². The molecule has 6 N–H and O–H groups in total. The van der Waals surface area contributed by atoms with Crippen molar-refractivity contribution in [1.82, 2.24) is 20.9 Å². The Labute approximate surface area is 192 Å². The Bertz CT molecular complexity index is 1000. The molecule has 10 nitrogen and oxygen atoms in total. The molecule has 0 unspecified atom stereocenters. The molecule has 1 aromatic heterocycles. The number of nitrogens with two attached hydrogens (primary N) is 1. The SMILES string of the molecule is COC(=O)[C@H](Cc1c[nH]c2ccccc12)NC(=O)CC[C@@H]1NC(=O)[C@H](CCCCN)NC1=O. The summed E-state index contributed by atoms with van der Waals surface area (Å²) in [7, 11) is 1.27. The number of para-hydroxylation sites is 1. The second kappa shape index (κ2) is 11.5. The second-order valence-electron chi connectivity index (χ2n) is 8.15. The number of unbranched alkanes of at least 4 members (excludes halogenated alkanes) is 1. The molecule has 3 amide bonds. The van der Waals surface area contributed by atoms with Gasteiger partial charge in [0.1, 0.15) is 18.1 Å². The zero-order valence-corrected chi connectivity index (χ0v) is 18.7. The number of hydrogen-bond donors (Lipinski definition) is 5. The highest BCUT2D eigenvalue weighted by molar-refractivity contribution is 5.97. The molecule has 0 bridgehead atoms. The van der Waals surface area contributed by atoms with Crippen molar-refractivity contribution < 1.29 is 23.9 Å². The number of H-pyrrole nitrogens is 1. The molecular weight excluding hydrogens is 426 g/mol. The predicted molar refractivity (Wildman–Crippen MR) is 122 cm³/mol. The summed E-state index contributed by atoms with van der Waals surface area (Å²) < 4.78 is 4.86. The van der Waals surface area contributed by atoms with Crippen molar-refractivity contribution in [3.63, 3.8) is 0 Å². The lowest BCUT2D eigenvalue weighted by Gasteiger charge is -2.29. The third-order valence-corrected chi connectivity index (χ3v) is 5.79. The van der Waals surface area contributed by atoms with E-state index in [9.17, 15) is 19.2 Å². The molecule has 2 aromatic rings. The molecule has 2 heterocycles. The first-order valence-corrected chi connectivity index (χ1v) is 11.2. The minimum atomic E-state index is -0.872. The molecule has 10 heteroatoms. The summed E-state index contributed by atoms with van der Waals surface area (Å²) >= 11 is 0. The number of esters is 1. The molecule has 1 fully saturated rings. The minimum Gasteiger partial charge on any atom is -0.467 e. The number of hydrogen-bond acceptors (Lipinski definition) is 6. The van der Waals surface area contributed by atoms with Crippen molar-refractivity contribution in [2.75, 3.05) is 13.7 Å². The number of rotatable bonds is 11. The van der Waals surface area contributed by atoms with Crippen molar-refractivity contribution in [1.29, 1.82) is 0 Å². The van der Waals surface area contributed by atoms with E-state index in [-0.39, 0.29) is 31.1 Å². The van der Waals surface area contributed by atoms with Crippen LogP contribution in [-0.2, 0) is 30.3 Å². The highest BCUT2D eigenvalue weighted by Gasteiger charge is 2.33. The van der Waals surface area contributed by atoms with Crippen molar-refractivity contribution in [2.24, 2.45) is 5.73 Å². The van der Waals surface area contributed by atoms with Crippen LogP contribution in [0.1, 0.15) is 37.7 Å². The standard InChI is InChI=1S/C23H31N5O5/c1-33-23(32)19(12-14-13-25-16-7-3-2-6-15(14)16)26-20(29)10-9-18-22(31)27-17(21(30)28-18)8-4-5-11-24/h2-3,6-7,13,17-19,25H,4-5,8-12,24H2,1H3,(H,26,29)(H,27,31)(H,28,30)/t17-,18-,19-/m0/s1. The van der Waals surface area contributed by atoms with E-state index in [0.29, 0.717) is 13.0 Å². The van der Waals surface area contributed by atoms with Gasteiger partial charge in [0.25, 0.3) is 0 Å². The molecule has 3 rings (SSSR count). The highest BCUT2D eigenvalue weighted by atomic mass is 16.5. The van der Waals surface area contributed by atoms with Crippen LogP contribution in [0.3, 0.4) is 0 Å². The van der Waals surface area contributed by atoms with Gasteiger partial charge >= 0.3 is 5.97 Å². The third-order valence-electron chi connectivity index (χ3n) is 5.79. The smallest absolute Gasteiger partial charge is 0.328 e. The van der Waals surface area contributed by atoms with Gasteiger partial charge in [-0.15, -0.1) is 0 Å². The molecule has 178 valence electrons. The molecular formula is C23H31N5O5. The Balaban J connectivity index is 1.54. The van der Waals surface area contributed by atoms with Crippen LogP contribution in [0.5, 0.6) is 0 Å². The third kappa shape index (κ3) is 6.32. The number of methoxy groups -OCH3 is 1. The van der Waals surface area contributed by atoms with Gasteiger partial charge in [-0.2, -0.15) is 0 Å². The molecule has 0 radical (unpaired) electrons. The molecule has 3 atom stereocenters. The summed E-state index contributed by atoms with van der Waals surface area (Å²) in [4.78, 5) is 52.6. The van der Waals surface area contributed by atoms with E-state index in [1.165, 1.54) is 7.11 Å². The highest BCUT2D eigenvalue weighted by Crippen LogP contribution is 2.19. The topological polar surface area (TPSA) is 155 Å². The number of ether oxygens (including phenoxy) is 1. The number of nitrogens with one attached hydrogen (secondary N) is 4. The van der Waals surface area contributed by atoms with E-state index in [0.717, 1.165) is 29.3 Å². The minimum absolute atomic E-state index is 0.0302. The van der Waals surface area contributed by atoms with E-state index in [1.807, 2.05) is 24.3 Å². The predicted octanol–water partition coefficient (Wildman–Crippen LogP) is 0.261. The van der Waals surface area contributed by atoms with Crippen molar-refractivity contribution in [3.8, 4) is 0 Å². The van der Waals surface area contributed by atoms with Crippen molar-refractivity contribution in [3.05, 3.63) is 36.0 Å². The first-order chi connectivity index (χ1) is 15.9. The average molecular weight is 458 g/mol. The Morgan fingerprint density at radius 3 is 2.48 bits per heavy atom. The zero-order chi connectivity index (χ0) is 23.8. The Hall–Kier alpha value is -3.40. The van der Waals surface area contributed by atoms with Gasteiger partial charge in [0.15, 0.2) is 0 Å². The van der Waals surface area contributed by atoms with Crippen LogP contribution in [0, 0.1) is 0 Å². The van der Waals surface area contributed by atoms with Crippen LogP contribution in [-0.4, -0.2) is 60.5 Å². The van der Waals surface area contributed by atoms with Gasteiger partial charge in [0.05, 0.1) is 7.11 Å². The molecule has 1 aliphatic heterocycles. The lowest BCUT2D eigenvalue weighted by molar-refractivity contribution is -0.145. The Morgan fingerprint density at radius 2 is 1.79 bits per heavy atom. The summed E-state index contributed by atoms with van der Waals surface area (Å²) in [5, 5.41) is 9.05. The number of aromatic amines is 1. The Kier molecular flexibility index (Phi) is 8.42. The van der Waals surface area contributed by atoms with Gasteiger partial charge in [0, 0.05) is 29.9 Å². The van der Waals surface area contributed by atoms with Crippen LogP contribution in [0.15, 0.2) is 30.5 Å². The second-order valence-corrected chi connectivity index (χ2v) is 8.15. The first kappa shape index (κ1) is 24.2. The lowest BCUT2D eigenvalue weighted by atomic mass is 10.0. The molecule has 0 spiro atoms. The van der Waals surface area contributed by atoms with Crippen molar-refractivity contribution >= 4 is 34.6 Å². The number of piperazine rings is 1. The summed E-state index contributed by atoms with van der Waals surface area (Å²) in [6.45, 7) is 0.535. The summed E-state index contributed by atoms with van der Waals surface area (Å²) in [5.41, 5.74) is 7.27. The lowest BCUT2D eigenvalue weighted by Crippen LogP contribution is -2.61. The number of aromatic nitrogens is 1. The monoisotopic (exact) mass is 457 g/mol. The molecule has 1 aromatic carbocycles. The largest absolute Gasteiger partial charge is 0.467 e. The van der Waals surface area contributed by atoms with Crippen molar-refractivity contribution in [2.45, 2.75) is 56.7 Å². The van der Waals surface area contributed by atoms with Crippen LogP contribution < -0.4 is 21.7 Å². The summed E-state index contributed by atoms with van der Waals surface area (Å²) in [6.07, 6.45) is 4.21. The van der Waals surface area contributed by atoms with E-state index < -0.39 is 30.0 Å². The fourth-order valence-corrected chi connectivity index (χ4v) is 3.97. The maximum atomic E-state index is 12.6. The summed E-state index contributed by atoms with van der Waals surface area (Å²) in [6, 6.07) is 5.43. The molecule has 1 aliphatic rings. The fourth-order valence-electron chi connectivity index (χ4n) is 3.97. The number of amides is 3. The quantitative estimate of drug-likeness (QED) is 0.241. The van der Waals surface area contributed by atoms with E-state index in [2.05, 4.69) is 20.9 Å².